The van der Waals surface area contributed by atoms with E-state index in [0.29, 0.717) is 18.2 Å². The Morgan fingerprint density at radius 2 is 1.94 bits per heavy atom. The molecule has 0 fully saturated rings. The minimum atomic E-state index is -3.31. The average Bonchev–Trinajstić information content (AvgIpc) is 2.36. The fourth-order valence-electron chi connectivity index (χ4n) is 2.01. The topological polar surface area (TPSA) is 72.8 Å². The van der Waals surface area contributed by atoms with Gasteiger partial charge in [-0.2, -0.15) is 0 Å². The largest absolute Gasteiger partial charge is 0.481 e. The van der Waals surface area contributed by atoms with E-state index in [0.717, 1.165) is 11.1 Å². The molecule has 0 saturated carbocycles. The molecule has 0 spiro atoms. The summed E-state index contributed by atoms with van der Waals surface area (Å²) in [5.41, 5.74) is 1.70. The van der Waals surface area contributed by atoms with E-state index in [1.54, 1.807) is 6.08 Å². The molecule has 0 aromatic heterocycles. The van der Waals surface area contributed by atoms with E-state index in [-0.39, 0.29) is 0 Å². The highest BCUT2D eigenvalue weighted by Crippen LogP contribution is 2.60. The van der Waals surface area contributed by atoms with Crippen molar-refractivity contribution in [1.29, 1.82) is 0 Å². The van der Waals surface area contributed by atoms with Gasteiger partial charge in [-0.3, -0.25) is 9.36 Å². The summed E-state index contributed by atoms with van der Waals surface area (Å²) in [6, 6.07) is 0. The molecule has 0 saturated heterocycles. The monoisotopic (exact) mass is 274 g/mol. The molecule has 0 aromatic carbocycles. The molecule has 18 heavy (non-hydrogen) atoms. The van der Waals surface area contributed by atoms with Gasteiger partial charge in [0.2, 0.25) is 0 Å². The number of carboxylic acids is 1. The van der Waals surface area contributed by atoms with Crippen molar-refractivity contribution < 1.29 is 23.5 Å². The van der Waals surface area contributed by atoms with Crippen LogP contribution >= 0.6 is 7.60 Å². The molecule has 0 heterocycles. The predicted molar refractivity (Wildman–Crippen MR) is 68.4 cm³/mol. The number of hydrogen-bond donors (Lipinski definition) is 1. The van der Waals surface area contributed by atoms with Gasteiger partial charge in [-0.05, 0) is 32.3 Å². The minimum Gasteiger partial charge on any atom is -0.481 e. The fraction of sp³-hybridized carbons (Fsp3) is 0.583. The summed E-state index contributed by atoms with van der Waals surface area (Å²) in [5, 5.41) is 9.56. The Bertz CT molecular complexity index is 437. The summed E-state index contributed by atoms with van der Waals surface area (Å²) in [7, 11) is -0.652. The summed E-state index contributed by atoms with van der Waals surface area (Å²) in [5.74, 6) is -1.31. The Morgan fingerprint density at radius 1 is 1.39 bits per heavy atom. The van der Waals surface area contributed by atoms with Crippen molar-refractivity contribution in [1.82, 2.24) is 0 Å². The van der Waals surface area contributed by atoms with E-state index < -0.39 is 19.5 Å². The van der Waals surface area contributed by atoms with Gasteiger partial charge in [-0.25, -0.2) is 0 Å². The van der Waals surface area contributed by atoms with Crippen molar-refractivity contribution in [2.75, 3.05) is 14.2 Å². The third-order valence-corrected chi connectivity index (χ3v) is 5.09. The first kappa shape index (κ1) is 15.2. The number of aliphatic carboxylic acids is 1. The van der Waals surface area contributed by atoms with Crippen LogP contribution in [0, 0.1) is 5.92 Å². The highest BCUT2D eigenvalue weighted by molar-refractivity contribution is 7.58. The van der Waals surface area contributed by atoms with Crippen LogP contribution in [0.25, 0.3) is 0 Å². The maximum Gasteiger partial charge on any atom is 0.360 e. The maximum absolute atomic E-state index is 12.4. The smallest absolute Gasteiger partial charge is 0.360 e. The first-order valence-electron chi connectivity index (χ1n) is 5.67. The van der Waals surface area contributed by atoms with Gasteiger partial charge in [0.05, 0.1) is 11.2 Å². The van der Waals surface area contributed by atoms with Crippen LogP contribution in [0.2, 0.25) is 0 Å². The van der Waals surface area contributed by atoms with E-state index >= 15 is 0 Å². The standard InChI is InChI=1S/C12H19O5P/c1-8(2)10-7-9(12(13)14)5-6-11(10)18(15,16-3)17-4/h6,9H,5,7H2,1-4H3,(H,13,14). The van der Waals surface area contributed by atoms with E-state index in [1.165, 1.54) is 14.2 Å². The summed E-state index contributed by atoms with van der Waals surface area (Å²) in [4.78, 5) is 11.0. The lowest BCUT2D eigenvalue weighted by Gasteiger charge is -2.27. The zero-order valence-electron chi connectivity index (χ0n) is 11.1. The highest BCUT2D eigenvalue weighted by Gasteiger charge is 2.35. The van der Waals surface area contributed by atoms with Gasteiger partial charge in [-0.15, -0.1) is 0 Å². The van der Waals surface area contributed by atoms with Crippen LogP contribution in [0.1, 0.15) is 26.7 Å². The molecule has 1 unspecified atom stereocenters. The number of allylic oxidation sites excluding steroid dienone is 4. The lowest BCUT2D eigenvalue weighted by molar-refractivity contribution is -0.141. The molecule has 1 aliphatic rings. The summed E-state index contributed by atoms with van der Waals surface area (Å²) in [6.07, 6.45) is 2.37. The lowest BCUT2D eigenvalue weighted by atomic mass is 9.88. The average molecular weight is 274 g/mol. The SMILES string of the molecule is COP(=O)(OC)C1=CCC(C(=O)O)CC1=C(C)C. The number of carbonyl (C=O) groups is 1. The van der Waals surface area contributed by atoms with Crippen molar-refractivity contribution in [3.8, 4) is 0 Å². The minimum absolute atomic E-state index is 0.345. The highest BCUT2D eigenvalue weighted by atomic mass is 31.2. The predicted octanol–water partition coefficient (Wildman–Crippen LogP) is 3.19. The van der Waals surface area contributed by atoms with E-state index in [9.17, 15) is 9.36 Å². The van der Waals surface area contributed by atoms with E-state index in [1.807, 2.05) is 13.8 Å². The van der Waals surface area contributed by atoms with Crippen molar-refractivity contribution >= 4 is 13.6 Å². The molecule has 0 aromatic rings. The molecule has 0 aliphatic heterocycles. The van der Waals surface area contributed by atoms with Crippen molar-refractivity contribution in [3.63, 3.8) is 0 Å². The molecule has 5 nitrogen and oxygen atoms in total. The summed E-state index contributed by atoms with van der Waals surface area (Å²) >= 11 is 0. The molecule has 0 amide bonds. The number of hydrogen-bond acceptors (Lipinski definition) is 4. The van der Waals surface area contributed by atoms with E-state index in [4.69, 9.17) is 14.2 Å². The second kappa shape index (κ2) is 5.83. The Labute approximate surface area is 107 Å². The second-order valence-corrected chi connectivity index (χ2v) is 6.61. The third-order valence-electron chi connectivity index (χ3n) is 3.08. The Balaban J connectivity index is 3.23. The van der Waals surface area contributed by atoms with Crippen molar-refractivity contribution in [2.45, 2.75) is 26.7 Å². The molecule has 0 bridgehead atoms. The van der Waals surface area contributed by atoms with Gasteiger partial charge >= 0.3 is 13.6 Å². The van der Waals surface area contributed by atoms with Crippen LogP contribution in [-0.2, 0) is 18.4 Å². The van der Waals surface area contributed by atoms with Gasteiger partial charge in [0.1, 0.15) is 0 Å². The van der Waals surface area contributed by atoms with Crippen LogP contribution in [0.3, 0.4) is 0 Å². The molecular weight excluding hydrogens is 255 g/mol. The zero-order chi connectivity index (χ0) is 13.9. The Kier molecular flexibility index (Phi) is 4.91. The number of rotatable bonds is 4. The Morgan fingerprint density at radius 3 is 2.33 bits per heavy atom. The van der Waals surface area contributed by atoms with Crippen molar-refractivity contribution in [3.05, 3.63) is 22.5 Å². The molecule has 0 radical (unpaired) electrons. The first-order chi connectivity index (χ1) is 8.35. The Hall–Kier alpha value is -0.900. The molecule has 6 heteroatoms. The molecule has 1 aliphatic carbocycles. The van der Waals surface area contributed by atoms with Crippen LogP contribution in [0.5, 0.6) is 0 Å². The van der Waals surface area contributed by atoms with Gasteiger partial charge in [0.15, 0.2) is 0 Å². The van der Waals surface area contributed by atoms with Gasteiger partial charge in [0, 0.05) is 14.2 Å². The van der Waals surface area contributed by atoms with Gasteiger partial charge in [-0.1, -0.05) is 11.6 Å². The summed E-state index contributed by atoms with van der Waals surface area (Å²) in [6.45, 7) is 3.73. The van der Waals surface area contributed by atoms with E-state index in [2.05, 4.69) is 0 Å². The lowest BCUT2D eigenvalue weighted by Crippen LogP contribution is -2.18. The van der Waals surface area contributed by atoms with Crippen molar-refractivity contribution in [2.24, 2.45) is 5.92 Å². The molecule has 1 rings (SSSR count). The van der Waals surface area contributed by atoms with Crippen LogP contribution < -0.4 is 0 Å². The molecular formula is C12H19O5P. The van der Waals surface area contributed by atoms with Crippen LogP contribution in [0.4, 0.5) is 0 Å². The molecule has 1 N–H and O–H groups in total. The second-order valence-electron chi connectivity index (χ2n) is 4.41. The third kappa shape index (κ3) is 2.91. The molecule has 1 atom stereocenters. The van der Waals surface area contributed by atoms with Crippen LogP contribution in [-0.4, -0.2) is 25.3 Å². The maximum atomic E-state index is 12.4. The zero-order valence-corrected chi connectivity index (χ0v) is 12.0. The van der Waals surface area contributed by atoms with Gasteiger partial charge < -0.3 is 14.2 Å². The molecule has 102 valence electrons. The van der Waals surface area contributed by atoms with Gasteiger partial charge in [0.25, 0.3) is 0 Å². The normalized spacial score (nSPS) is 20.6. The number of carboxylic acid groups (broad SMARTS) is 1. The quantitative estimate of drug-likeness (QED) is 0.797. The fourth-order valence-corrected chi connectivity index (χ4v) is 3.53. The van der Waals surface area contributed by atoms with Crippen LogP contribution in [0.15, 0.2) is 22.5 Å². The summed E-state index contributed by atoms with van der Waals surface area (Å²) < 4.78 is 22.4. The first-order valence-corrected chi connectivity index (χ1v) is 7.21.